The first-order valence-corrected chi connectivity index (χ1v) is 16.2. The van der Waals surface area contributed by atoms with E-state index in [2.05, 4.69) is 51.5 Å². The highest BCUT2D eigenvalue weighted by Crippen LogP contribution is 2.53. The van der Waals surface area contributed by atoms with Crippen molar-refractivity contribution < 1.29 is 11.0 Å². The Kier molecular flexibility index (Phi) is 7.62. The maximum Gasteiger partial charge on any atom is 1.00 e. The number of amides is 2. The van der Waals surface area contributed by atoms with E-state index in [-0.39, 0.29) is 22.7 Å². The zero-order valence-corrected chi connectivity index (χ0v) is 24.9. The Labute approximate surface area is 228 Å². The molecule has 6 aliphatic rings. The Balaban J connectivity index is 0.000000168. The third-order valence-electron chi connectivity index (χ3n) is 10.8. The molecule has 8 atom stereocenters. The van der Waals surface area contributed by atoms with E-state index >= 15 is 0 Å². The van der Waals surface area contributed by atoms with Gasteiger partial charge in [0.05, 0.1) is 10.1 Å². The van der Waals surface area contributed by atoms with Crippen molar-refractivity contribution in [2.45, 2.75) is 115 Å². The zero-order valence-electron chi connectivity index (χ0n) is 24.2. The third-order valence-corrected chi connectivity index (χ3v) is 13.9. The molecule has 4 nitrogen and oxygen atoms in total. The van der Waals surface area contributed by atoms with Crippen LogP contribution < -0.4 is 0 Å². The fourth-order valence-electron chi connectivity index (χ4n) is 7.68. The normalized spacial score (nSPS) is 43.0. The van der Waals surface area contributed by atoms with E-state index in [0.717, 1.165) is 58.4 Å². The largest absolute Gasteiger partial charge is 1.00 e. The molecule has 36 heavy (non-hydrogen) atoms. The molecule has 6 unspecified atom stereocenters. The molecule has 0 aromatic carbocycles. The van der Waals surface area contributed by atoms with E-state index in [9.17, 15) is 9.59 Å². The van der Waals surface area contributed by atoms with Crippen LogP contribution in [0.15, 0.2) is 9.98 Å². The molecule has 4 fully saturated rings. The van der Waals surface area contributed by atoms with Crippen LogP contribution in [0.5, 0.6) is 0 Å². The summed E-state index contributed by atoms with van der Waals surface area (Å²) >= 11 is 3.49. The van der Waals surface area contributed by atoms with Crippen LogP contribution in [0.1, 0.15) is 107 Å². The summed E-state index contributed by atoms with van der Waals surface area (Å²) in [6.45, 7) is 12.6. The van der Waals surface area contributed by atoms with Crippen LogP contribution >= 0.6 is 23.5 Å². The molecule has 4 aliphatic carbocycles. The highest BCUT2D eigenvalue weighted by atomic mass is 32.2. The van der Waals surface area contributed by atoms with E-state index in [1.165, 1.54) is 51.4 Å². The first kappa shape index (κ1) is 27.0. The molecule has 200 valence electrons. The highest BCUT2D eigenvalue weighted by Gasteiger charge is 2.47. The van der Waals surface area contributed by atoms with Crippen molar-refractivity contribution in [3.05, 3.63) is 0 Å². The molecule has 4 saturated carbocycles. The van der Waals surface area contributed by atoms with Crippen LogP contribution in [0.4, 0.5) is 0 Å². The van der Waals surface area contributed by atoms with Crippen molar-refractivity contribution in [1.29, 1.82) is 0 Å². The molecule has 0 aromatic rings. The first-order chi connectivity index (χ1) is 17.0. The van der Waals surface area contributed by atoms with Gasteiger partial charge in [-0.25, -0.2) is 9.98 Å². The van der Waals surface area contributed by atoms with Crippen LogP contribution in [-0.4, -0.2) is 31.4 Å². The van der Waals surface area contributed by atoms with Gasteiger partial charge in [0, 0.05) is 0 Å². The van der Waals surface area contributed by atoms with Gasteiger partial charge in [-0.3, -0.25) is 9.59 Å². The molecule has 0 spiro atoms. The Morgan fingerprint density at radius 3 is 1.36 bits per heavy atom. The smallest absolute Gasteiger partial charge is 0.271 e. The maximum absolute atomic E-state index is 12.1. The van der Waals surface area contributed by atoms with E-state index in [1.54, 1.807) is 23.5 Å². The summed E-state index contributed by atoms with van der Waals surface area (Å²) in [6.07, 6.45) is 13.5. The fourth-order valence-corrected chi connectivity index (χ4v) is 10.2. The lowest BCUT2D eigenvalue weighted by molar-refractivity contribution is -0.121. The van der Waals surface area contributed by atoms with Gasteiger partial charge in [0.2, 0.25) is 0 Å². The molecule has 2 heterocycles. The monoisotopic (exact) mass is 531 g/mol. The van der Waals surface area contributed by atoms with E-state index in [4.69, 9.17) is 0 Å². The Morgan fingerprint density at radius 2 is 1.11 bits per heavy atom. The van der Waals surface area contributed by atoms with Crippen LogP contribution in [0, 0.1) is 47.3 Å². The van der Waals surface area contributed by atoms with Crippen LogP contribution in [-0.2, 0) is 9.59 Å². The Hall–Kier alpha value is -0.620. The molecule has 2 aliphatic heterocycles. The Morgan fingerprint density at radius 1 is 0.722 bits per heavy atom. The molecule has 4 bridgehead atoms. The van der Waals surface area contributed by atoms with Crippen LogP contribution in [0.3, 0.4) is 0 Å². The minimum Gasteiger partial charge on any atom is -0.271 e. The van der Waals surface area contributed by atoms with Gasteiger partial charge in [0.25, 0.3) is 11.8 Å². The Bertz CT molecular complexity index is 889. The van der Waals surface area contributed by atoms with Crippen LogP contribution in [0.2, 0.25) is 0 Å². The summed E-state index contributed by atoms with van der Waals surface area (Å²) in [5.74, 6) is 6.38. The second-order valence-electron chi connectivity index (χ2n) is 13.6. The number of thioether (sulfide) groups is 2. The van der Waals surface area contributed by atoms with Gasteiger partial charge in [-0.15, -0.1) is 0 Å². The number of aliphatic imine (C=N–C) groups is 2. The lowest BCUT2D eigenvalue weighted by Crippen LogP contribution is -2.33. The van der Waals surface area contributed by atoms with Gasteiger partial charge in [-0.05, 0) is 113 Å². The third kappa shape index (κ3) is 5.03. The SMILES string of the molecule is CC(C)[C@]1(C)SC(CC2CC3CCC2C3)=NC1=O.CC(C)[C@]1(C)SC(CC2CC3CCC2C3)=NC1=O.[H+]. The lowest BCUT2D eigenvalue weighted by Gasteiger charge is -2.25. The van der Waals surface area contributed by atoms with Crippen molar-refractivity contribution in [1.82, 2.24) is 0 Å². The second kappa shape index (κ2) is 10.2. The topological polar surface area (TPSA) is 58.9 Å². The summed E-state index contributed by atoms with van der Waals surface area (Å²) in [7, 11) is 0. The number of nitrogens with zero attached hydrogens (tertiary/aromatic N) is 2. The van der Waals surface area contributed by atoms with Gasteiger partial charge in [-0.2, -0.15) is 0 Å². The average Bonchev–Trinajstić information content (AvgIpc) is 3.64. The molecule has 6 rings (SSSR count). The highest BCUT2D eigenvalue weighted by molar-refractivity contribution is 8.16. The van der Waals surface area contributed by atoms with Gasteiger partial charge >= 0.3 is 1.43 Å². The average molecular weight is 532 g/mol. The molecule has 0 radical (unpaired) electrons. The summed E-state index contributed by atoms with van der Waals surface area (Å²) in [5.41, 5.74) is 0. The number of fused-ring (bicyclic) bond motifs is 4. The van der Waals surface area contributed by atoms with Crippen molar-refractivity contribution in [3.8, 4) is 0 Å². The van der Waals surface area contributed by atoms with Gasteiger partial charge in [0.1, 0.15) is 9.49 Å². The molecule has 0 saturated heterocycles. The summed E-state index contributed by atoms with van der Waals surface area (Å²) in [6, 6.07) is 0. The standard InChI is InChI=1S/2C15H23NOS/c2*1-9(2)15(3)14(17)16-13(18-15)8-12-7-10-4-5-11(12)6-10/h2*9-12H,4-8H2,1-3H3/p+1/t2*10?,11?,12?,15-/m00/s1. The van der Waals surface area contributed by atoms with Crippen molar-refractivity contribution in [3.63, 3.8) is 0 Å². The summed E-state index contributed by atoms with van der Waals surface area (Å²) in [4.78, 5) is 32.8. The molecule has 6 heteroatoms. The first-order valence-electron chi connectivity index (χ1n) is 14.6. The maximum atomic E-state index is 12.1. The van der Waals surface area contributed by atoms with Crippen molar-refractivity contribution >= 4 is 45.4 Å². The molecule has 0 aromatic heterocycles. The minimum absolute atomic E-state index is 0. The van der Waals surface area contributed by atoms with E-state index in [0.29, 0.717) is 11.8 Å². The molecule has 0 N–H and O–H groups in total. The lowest BCUT2D eigenvalue weighted by atomic mass is 9.87. The summed E-state index contributed by atoms with van der Waals surface area (Å²) < 4.78 is -0.597. The van der Waals surface area contributed by atoms with E-state index < -0.39 is 0 Å². The zero-order chi connectivity index (χ0) is 25.8. The second-order valence-corrected chi connectivity index (χ2v) is 16.7. The predicted molar refractivity (Wildman–Crippen MR) is 155 cm³/mol. The van der Waals surface area contributed by atoms with Crippen molar-refractivity contribution in [2.75, 3.05) is 0 Å². The number of carbonyl (C=O) groups excluding carboxylic acids is 2. The number of hydrogen-bond donors (Lipinski definition) is 0. The molecular formula is C30H47N2O2S2+. The molecule has 2 amide bonds. The number of hydrogen-bond acceptors (Lipinski definition) is 4. The predicted octanol–water partition coefficient (Wildman–Crippen LogP) is 7.91. The van der Waals surface area contributed by atoms with Crippen LogP contribution in [0.25, 0.3) is 0 Å². The quantitative estimate of drug-likeness (QED) is 0.349. The van der Waals surface area contributed by atoms with E-state index in [1.807, 2.05) is 0 Å². The fraction of sp³-hybridized carbons (Fsp3) is 0.867. The number of carbonyl (C=O) groups is 2. The number of rotatable bonds is 6. The van der Waals surface area contributed by atoms with Gasteiger partial charge < -0.3 is 0 Å². The van der Waals surface area contributed by atoms with Crippen molar-refractivity contribution in [2.24, 2.45) is 57.3 Å². The summed E-state index contributed by atoms with van der Waals surface area (Å²) in [5, 5.41) is 2.24. The molecular weight excluding hydrogens is 484 g/mol. The van der Waals surface area contributed by atoms with Gasteiger partial charge in [-0.1, -0.05) is 64.1 Å². The van der Waals surface area contributed by atoms with Gasteiger partial charge in [0.15, 0.2) is 0 Å². The minimum atomic E-state index is -0.299.